The van der Waals surface area contributed by atoms with Gasteiger partial charge in [-0.05, 0) is 25.0 Å². The van der Waals surface area contributed by atoms with Crippen LogP contribution in [0.5, 0.6) is 0 Å². The van der Waals surface area contributed by atoms with E-state index in [1.54, 1.807) is 11.9 Å². The number of aromatic nitrogens is 4. The molecule has 3 aromatic rings. The van der Waals surface area contributed by atoms with Crippen molar-refractivity contribution < 1.29 is 4.79 Å². The number of nitrogens with one attached hydrogen (secondary N) is 1. The van der Waals surface area contributed by atoms with Crippen LogP contribution >= 0.6 is 0 Å². The minimum absolute atomic E-state index is 0.0717. The van der Waals surface area contributed by atoms with Crippen molar-refractivity contribution in [1.29, 1.82) is 0 Å². The van der Waals surface area contributed by atoms with E-state index in [0.717, 1.165) is 29.8 Å². The van der Waals surface area contributed by atoms with Gasteiger partial charge >= 0.3 is 0 Å². The molecule has 0 bridgehead atoms. The third kappa shape index (κ3) is 3.40. The molecule has 1 aliphatic carbocycles. The molecule has 2 aromatic heterocycles. The van der Waals surface area contributed by atoms with Crippen molar-refractivity contribution in [2.45, 2.75) is 38.3 Å². The van der Waals surface area contributed by atoms with E-state index in [-0.39, 0.29) is 5.91 Å². The van der Waals surface area contributed by atoms with Crippen molar-refractivity contribution in [3.05, 3.63) is 60.0 Å². The SMILES string of the molecule is CN(Cc1cc(-c2ccccc2)n[nH]1)C(=O)c1ccn(C2CCCC2)n1. The predicted molar refractivity (Wildman–Crippen MR) is 99.6 cm³/mol. The van der Waals surface area contributed by atoms with Gasteiger partial charge in [-0.25, -0.2) is 0 Å². The summed E-state index contributed by atoms with van der Waals surface area (Å²) in [5.41, 5.74) is 3.34. The Morgan fingerprint density at radius 3 is 2.77 bits per heavy atom. The molecule has 0 saturated heterocycles. The second kappa shape index (κ2) is 7.15. The van der Waals surface area contributed by atoms with Crippen molar-refractivity contribution in [3.8, 4) is 11.3 Å². The summed E-state index contributed by atoms with van der Waals surface area (Å²) in [4.78, 5) is 14.3. The maximum Gasteiger partial charge on any atom is 0.274 e. The number of rotatable bonds is 5. The van der Waals surface area contributed by atoms with Crippen molar-refractivity contribution in [1.82, 2.24) is 24.9 Å². The first-order valence-corrected chi connectivity index (χ1v) is 9.11. The highest BCUT2D eigenvalue weighted by Crippen LogP contribution is 2.28. The van der Waals surface area contributed by atoms with Gasteiger partial charge < -0.3 is 4.90 Å². The summed E-state index contributed by atoms with van der Waals surface area (Å²) in [6.07, 6.45) is 6.73. The van der Waals surface area contributed by atoms with E-state index in [1.165, 1.54) is 12.8 Å². The Bertz CT molecular complexity index is 877. The first kappa shape index (κ1) is 16.6. The smallest absolute Gasteiger partial charge is 0.274 e. The van der Waals surface area contributed by atoms with Gasteiger partial charge in [0.25, 0.3) is 5.91 Å². The summed E-state index contributed by atoms with van der Waals surface area (Å²) in [7, 11) is 1.79. The van der Waals surface area contributed by atoms with Gasteiger partial charge in [0.1, 0.15) is 5.69 Å². The number of carbonyl (C=O) groups is 1. The monoisotopic (exact) mass is 349 g/mol. The molecule has 1 N–H and O–H groups in total. The van der Waals surface area contributed by atoms with Crippen LogP contribution in [0.1, 0.15) is 47.9 Å². The second-order valence-corrected chi connectivity index (χ2v) is 6.92. The number of carbonyl (C=O) groups excluding carboxylic acids is 1. The van der Waals surface area contributed by atoms with Crippen LogP contribution in [0.15, 0.2) is 48.7 Å². The summed E-state index contributed by atoms with van der Waals surface area (Å²) >= 11 is 0. The van der Waals surface area contributed by atoms with Gasteiger partial charge in [-0.2, -0.15) is 10.2 Å². The maximum atomic E-state index is 12.7. The lowest BCUT2D eigenvalue weighted by Gasteiger charge is -2.14. The zero-order chi connectivity index (χ0) is 17.9. The van der Waals surface area contributed by atoms with Gasteiger partial charge in [-0.3, -0.25) is 14.6 Å². The van der Waals surface area contributed by atoms with Crippen molar-refractivity contribution >= 4 is 5.91 Å². The molecule has 0 radical (unpaired) electrons. The van der Waals surface area contributed by atoms with Crippen LogP contribution in [0.2, 0.25) is 0 Å². The molecular formula is C20H23N5O. The fourth-order valence-electron chi connectivity index (χ4n) is 3.55. The maximum absolute atomic E-state index is 12.7. The Morgan fingerprint density at radius 2 is 2.00 bits per heavy atom. The van der Waals surface area contributed by atoms with Crippen molar-refractivity contribution in [2.24, 2.45) is 0 Å². The summed E-state index contributed by atoms with van der Waals surface area (Å²) in [6.45, 7) is 0.467. The summed E-state index contributed by atoms with van der Waals surface area (Å²) in [5, 5.41) is 11.9. The van der Waals surface area contributed by atoms with Gasteiger partial charge in [-0.15, -0.1) is 0 Å². The molecule has 26 heavy (non-hydrogen) atoms. The highest BCUT2D eigenvalue weighted by atomic mass is 16.2. The third-order valence-electron chi connectivity index (χ3n) is 4.98. The molecule has 6 nitrogen and oxygen atoms in total. The lowest BCUT2D eigenvalue weighted by molar-refractivity contribution is 0.0776. The quantitative estimate of drug-likeness (QED) is 0.764. The number of hydrogen-bond acceptors (Lipinski definition) is 3. The lowest BCUT2D eigenvalue weighted by Crippen LogP contribution is -2.27. The number of H-pyrrole nitrogens is 1. The average molecular weight is 349 g/mol. The van der Waals surface area contributed by atoms with Crippen LogP contribution in [0.3, 0.4) is 0 Å². The molecule has 0 unspecified atom stereocenters. The van der Waals surface area contributed by atoms with Gasteiger partial charge in [0.15, 0.2) is 0 Å². The Hall–Kier alpha value is -2.89. The zero-order valence-electron chi connectivity index (χ0n) is 14.9. The molecule has 0 aliphatic heterocycles. The van der Waals surface area contributed by atoms with Crippen LogP contribution in [0.25, 0.3) is 11.3 Å². The van der Waals surface area contributed by atoms with Gasteiger partial charge in [0.05, 0.1) is 24.0 Å². The topological polar surface area (TPSA) is 66.8 Å². The molecular weight excluding hydrogens is 326 g/mol. The fourth-order valence-corrected chi connectivity index (χ4v) is 3.55. The van der Waals surface area contributed by atoms with Crippen LogP contribution in [-0.4, -0.2) is 37.8 Å². The van der Waals surface area contributed by atoms with Gasteiger partial charge in [0.2, 0.25) is 0 Å². The Kier molecular flexibility index (Phi) is 4.56. The third-order valence-corrected chi connectivity index (χ3v) is 4.98. The number of nitrogens with zero attached hydrogens (tertiary/aromatic N) is 4. The van der Waals surface area contributed by atoms with E-state index < -0.39 is 0 Å². The zero-order valence-corrected chi connectivity index (χ0v) is 14.9. The number of benzene rings is 1. The number of amides is 1. The molecule has 1 aliphatic rings. The summed E-state index contributed by atoms with van der Waals surface area (Å²) in [5.74, 6) is -0.0717. The second-order valence-electron chi connectivity index (χ2n) is 6.92. The van der Waals surface area contributed by atoms with Crippen molar-refractivity contribution in [3.63, 3.8) is 0 Å². The minimum atomic E-state index is -0.0717. The Morgan fingerprint density at radius 1 is 1.23 bits per heavy atom. The highest BCUT2D eigenvalue weighted by Gasteiger charge is 2.21. The predicted octanol–water partition coefficient (Wildman–Crippen LogP) is 3.66. The van der Waals surface area contributed by atoms with E-state index in [4.69, 9.17) is 0 Å². The molecule has 6 heteroatoms. The largest absolute Gasteiger partial charge is 0.334 e. The first-order chi connectivity index (χ1) is 12.7. The van der Waals surface area contributed by atoms with Crippen LogP contribution < -0.4 is 0 Å². The van der Waals surface area contributed by atoms with Gasteiger partial charge in [0, 0.05) is 18.8 Å². The Labute approximate surface area is 152 Å². The summed E-state index contributed by atoms with van der Waals surface area (Å²) < 4.78 is 1.96. The summed E-state index contributed by atoms with van der Waals surface area (Å²) in [6, 6.07) is 14.2. The van der Waals surface area contributed by atoms with E-state index in [0.29, 0.717) is 18.3 Å². The van der Waals surface area contributed by atoms with E-state index in [9.17, 15) is 4.79 Å². The molecule has 1 amide bonds. The van der Waals surface area contributed by atoms with Crippen LogP contribution in [0.4, 0.5) is 0 Å². The normalized spacial score (nSPS) is 14.7. The molecule has 0 atom stereocenters. The van der Waals surface area contributed by atoms with Crippen LogP contribution in [0, 0.1) is 0 Å². The average Bonchev–Trinajstić information content (AvgIpc) is 3.42. The first-order valence-electron chi connectivity index (χ1n) is 9.11. The molecule has 1 aromatic carbocycles. The Balaban J connectivity index is 1.42. The van der Waals surface area contributed by atoms with E-state index in [1.807, 2.05) is 53.3 Å². The van der Waals surface area contributed by atoms with Crippen LogP contribution in [-0.2, 0) is 6.54 Å². The van der Waals surface area contributed by atoms with Crippen molar-refractivity contribution in [2.75, 3.05) is 7.05 Å². The standard InChI is InChI=1S/C20H23N5O/c1-24(14-16-13-19(22-21-16)15-7-3-2-4-8-15)20(26)18-11-12-25(23-18)17-9-5-6-10-17/h2-4,7-8,11-13,17H,5-6,9-10,14H2,1H3,(H,21,22). The number of hydrogen-bond donors (Lipinski definition) is 1. The molecule has 4 rings (SSSR count). The van der Waals surface area contributed by atoms with E-state index in [2.05, 4.69) is 15.3 Å². The van der Waals surface area contributed by atoms with Gasteiger partial charge in [-0.1, -0.05) is 43.2 Å². The molecule has 2 heterocycles. The number of aromatic amines is 1. The van der Waals surface area contributed by atoms with E-state index >= 15 is 0 Å². The fraction of sp³-hybridized carbons (Fsp3) is 0.350. The molecule has 1 fully saturated rings. The minimum Gasteiger partial charge on any atom is -0.334 e. The molecule has 1 saturated carbocycles. The highest BCUT2D eigenvalue weighted by molar-refractivity contribution is 5.91. The lowest BCUT2D eigenvalue weighted by atomic mass is 10.1. The molecule has 0 spiro atoms. The molecule has 134 valence electrons.